The topological polar surface area (TPSA) is 108 Å². The minimum Gasteiger partial charge on any atom is -0.466 e. The highest BCUT2D eigenvalue weighted by atomic mass is 16.5. The van der Waals surface area contributed by atoms with Crippen molar-refractivity contribution in [2.24, 2.45) is 5.73 Å². The van der Waals surface area contributed by atoms with E-state index in [1.54, 1.807) is 24.3 Å². The Kier molecular flexibility index (Phi) is 6.46. The number of esters is 2. The van der Waals surface area contributed by atoms with Crippen molar-refractivity contribution in [3.63, 3.8) is 0 Å². The maximum Gasteiger partial charge on any atom is 0.331 e. The van der Waals surface area contributed by atoms with Gasteiger partial charge in [0.05, 0.1) is 13.2 Å². The molecular weight excluding hydrogens is 276 g/mol. The Bertz CT molecular complexity index is 527. The molecule has 0 aliphatic heterocycles. The Morgan fingerprint density at radius 3 is 2.38 bits per heavy atom. The van der Waals surface area contributed by atoms with Crippen LogP contribution in [0.25, 0.3) is 0 Å². The van der Waals surface area contributed by atoms with Crippen molar-refractivity contribution in [1.82, 2.24) is 5.32 Å². The quantitative estimate of drug-likeness (QED) is 0.592. The number of ether oxygens (including phenoxy) is 2. The molecule has 0 aliphatic rings. The number of urea groups is 1. The summed E-state index contributed by atoms with van der Waals surface area (Å²) in [5.41, 5.74) is 5.82. The van der Waals surface area contributed by atoms with E-state index < -0.39 is 24.0 Å². The van der Waals surface area contributed by atoms with Crippen LogP contribution in [0.15, 0.2) is 42.5 Å². The van der Waals surface area contributed by atoms with Crippen LogP contribution in [0.2, 0.25) is 0 Å². The molecule has 1 aromatic carbocycles. The van der Waals surface area contributed by atoms with Gasteiger partial charge < -0.3 is 20.5 Å². The van der Waals surface area contributed by atoms with E-state index in [0.717, 1.165) is 17.7 Å². The largest absolute Gasteiger partial charge is 0.466 e. The molecule has 1 atom stereocenters. The van der Waals surface area contributed by atoms with Gasteiger partial charge in [-0.15, -0.1) is 0 Å². The van der Waals surface area contributed by atoms with Crippen molar-refractivity contribution < 1.29 is 23.9 Å². The molecule has 0 spiro atoms. The minimum atomic E-state index is -0.731. The maximum atomic E-state index is 11.4. The summed E-state index contributed by atoms with van der Waals surface area (Å²) in [7, 11) is 1.19. The third kappa shape index (κ3) is 6.24. The lowest BCUT2D eigenvalue weighted by atomic mass is 10.1. The molecule has 0 aromatic heterocycles. The Hall–Kier alpha value is -2.83. The first-order valence-electron chi connectivity index (χ1n) is 6.06. The fourth-order valence-electron chi connectivity index (χ4n) is 1.50. The Balaban J connectivity index is 2.62. The zero-order valence-corrected chi connectivity index (χ0v) is 11.4. The molecule has 0 unspecified atom stereocenters. The molecule has 21 heavy (non-hydrogen) atoms. The SMILES string of the molecule is COC(=O)/C=C/C(=O)OC[C@H](NC(N)=O)c1ccccc1. The van der Waals surface area contributed by atoms with E-state index in [2.05, 4.69) is 10.1 Å². The highest BCUT2D eigenvalue weighted by molar-refractivity contribution is 5.91. The van der Waals surface area contributed by atoms with Gasteiger partial charge in [0.25, 0.3) is 0 Å². The number of amides is 2. The van der Waals surface area contributed by atoms with Crippen LogP contribution in [0.4, 0.5) is 4.79 Å². The molecule has 0 bridgehead atoms. The van der Waals surface area contributed by atoms with Gasteiger partial charge in [0.2, 0.25) is 0 Å². The molecule has 0 heterocycles. The van der Waals surface area contributed by atoms with Crippen LogP contribution < -0.4 is 11.1 Å². The van der Waals surface area contributed by atoms with Gasteiger partial charge in [-0.05, 0) is 5.56 Å². The second-order valence-electron chi connectivity index (χ2n) is 3.96. The van der Waals surface area contributed by atoms with Crippen LogP contribution >= 0.6 is 0 Å². The van der Waals surface area contributed by atoms with Gasteiger partial charge in [-0.3, -0.25) is 0 Å². The molecule has 0 aliphatic carbocycles. The number of primary amides is 1. The number of nitrogens with two attached hydrogens (primary N) is 1. The number of nitrogens with one attached hydrogen (secondary N) is 1. The second kappa shape index (κ2) is 8.36. The maximum absolute atomic E-state index is 11.4. The van der Waals surface area contributed by atoms with Crippen molar-refractivity contribution >= 4 is 18.0 Å². The number of methoxy groups -OCH3 is 1. The predicted molar refractivity (Wildman–Crippen MR) is 74.0 cm³/mol. The number of benzene rings is 1. The van der Waals surface area contributed by atoms with E-state index in [-0.39, 0.29) is 6.61 Å². The molecule has 112 valence electrons. The first-order valence-corrected chi connectivity index (χ1v) is 6.06. The average molecular weight is 292 g/mol. The Morgan fingerprint density at radius 2 is 1.81 bits per heavy atom. The number of hydrogen-bond donors (Lipinski definition) is 2. The zero-order chi connectivity index (χ0) is 15.7. The monoisotopic (exact) mass is 292 g/mol. The standard InChI is InChI=1S/C14H16N2O5/c1-20-12(17)7-8-13(18)21-9-11(16-14(15)19)10-5-3-2-4-6-10/h2-8,11H,9H2,1H3,(H3,15,16,19)/b8-7+/t11-/m0/s1. The second-order valence-corrected chi connectivity index (χ2v) is 3.96. The van der Waals surface area contributed by atoms with Crippen LogP contribution in [0.3, 0.4) is 0 Å². The van der Waals surface area contributed by atoms with Gasteiger partial charge in [-0.25, -0.2) is 14.4 Å². The fraction of sp³-hybridized carbons (Fsp3) is 0.214. The molecule has 1 aromatic rings. The lowest BCUT2D eigenvalue weighted by Crippen LogP contribution is -2.35. The molecule has 0 saturated heterocycles. The molecule has 1 rings (SSSR count). The summed E-state index contributed by atoms with van der Waals surface area (Å²) >= 11 is 0. The predicted octanol–water partition coefficient (Wildman–Crippen LogP) is 0.668. The molecule has 0 fully saturated rings. The van der Waals surface area contributed by atoms with Gasteiger partial charge in [-0.1, -0.05) is 30.3 Å². The highest BCUT2D eigenvalue weighted by Gasteiger charge is 2.14. The molecule has 7 heteroatoms. The Morgan fingerprint density at radius 1 is 1.19 bits per heavy atom. The molecule has 7 nitrogen and oxygen atoms in total. The van der Waals surface area contributed by atoms with Crippen molar-refractivity contribution in [1.29, 1.82) is 0 Å². The summed E-state index contributed by atoms with van der Waals surface area (Å²) in [6, 6.07) is 7.60. The van der Waals surface area contributed by atoms with E-state index in [4.69, 9.17) is 10.5 Å². The lowest BCUT2D eigenvalue weighted by Gasteiger charge is -2.17. The lowest BCUT2D eigenvalue weighted by molar-refractivity contribution is -0.139. The number of rotatable bonds is 6. The van der Waals surface area contributed by atoms with E-state index >= 15 is 0 Å². The summed E-state index contributed by atoms with van der Waals surface area (Å²) < 4.78 is 9.29. The molecule has 0 radical (unpaired) electrons. The van der Waals surface area contributed by atoms with Crippen LogP contribution in [0.1, 0.15) is 11.6 Å². The van der Waals surface area contributed by atoms with E-state index in [1.165, 1.54) is 7.11 Å². The molecule has 0 saturated carbocycles. The number of carbonyl (C=O) groups excluding carboxylic acids is 3. The first kappa shape index (κ1) is 16.2. The van der Waals surface area contributed by atoms with Gasteiger partial charge in [0, 0.05) is 12.2 Å². The van der Waals surface area contributed by atoms with Crippen molar-refractivity contribution in [3.05, 3.63) is 48.0 Å². The average Bonchev–Trinajstić information content (AvgIpc) is 2.49. The van der Waals surface area contributed by atoms with Crippen molar-refractivity contribution in [3.8, 4) is 0 Å². The van der Waals surface area contributed by atoms with Gasteiger partial charge in [-0.2, -0.15) is 0 Å². The summed E-state index contributed by atoms with van der Waals surface area (Å²) in [5, 5.41) is 2.47. The molecule has 3 N–H and O–H groups in total. The van der Waals surface area contributed by atoms with E-state index in [1.807, 2.05) is 6.07 Å². The van der Waals surface area contributed by atoms with Crippen LogP contribution in [-0.4, -0.2) is 31.7 Å². The summed E-state index contributed by atoms with van der Waals surface area (Å²) in [5.74, 6) is -1.39. The van der Waals surface area contributed by atoms with Crippen LogP contribution in [-0.2, 0) is 19.1 Å². The van der Waals surface area contributed by atoms with E-state index in [9.17, 15) is 14.4 Å². The fourth-order valence-corrected chi connectivity index (χ4v) is 1.50. The van der Waals surface area contributed by atoms with Gasteiger partial charge in [0.15, 0.2) is 0 Å². The van der Waals surface area contributed by atoms with Crippen LogP contribution in [0.5, 0.6) is 0 Å². The number of hydrogen-bond acceptors (Lipinski definition) is 5. The first-order chi connectivity index (χ1) is 10.0. The normalized spacial score (nSPS) is 11.7. The number of carbonyl (C=O) groups is 3. The van der Waals surface area contributed by atoms with Gasteiger partial charge in [0.1, 0.15) is 6.61 Å². The van der Waals surface area contributed by atoms with Crippen molar-refractivity contribution in [2.45, 2.75) is 6.04 Å². The van der Waals surface area contributed by atoms with E-state index in [0.29, 0.717) is 0 Å². The van der Waals surface area contributed by atoms with Crippen LogP contribution in [0, 0.1) is 0 Å². The molecular formula is C14H16N2O5. The third-order valence-corrected chi connectivity index (χ3v) is 2.47. The summed E-state index contributed by atoms with van der Waals surface area (Å²) in [4.78, 5) is 33.2. The smallest absolute Gasteiger partial charge is 0.331 e. The highest BCUT2D eigenvalue weighted by Crippen LogP contribution is 2.12. The molecule has 2 amide bonds. The summed E-state index contributed by atoms with van der Waals surface area (Å²) in [6.45, 7) is -0.114. The van der Waals surface area contributed by atoms with Gasteiger partial charge >= 0.3 is 18.0 Å². The van der Waals surface area contributed by atoms with Crippen molar-refractivity contribution in [2.75, 3.05) is 13.7 Å². The Labute approximate surface area is 121 Å². The summed E-state index contributed by atoms with van der Waals surface area (Å²) in [6.07, 6.45) is 1.89. The third-order valence-electron chi connectivity index (χ3n) is 2.47. The minimum absolute atomic E-state index is 0.114. The zero-order valence-electron chi connectivity index (χ0n) is 11.4.